The molecule has 172 valence electrons. The van der Waals surface area contributed by atoms with E-state index in [9.17, 15) is 9.59 Å². The third-order valence-electron chi connectivity index (χ3n) is 6.55. The minimum absolute atomic E-state index is 0.0137. The summed E-state index contributed by atoms with van der Waals surface area (Å²) < 4.78 is 10.9. The van der Waals surface area contributed by atoms with Gasteiger partial charge in [-0.25, -0.2) is 4.79 Å². The fourth-order valence-corrected chi connectivity index (χ4v) is 4.77. The summed E-state index contributed by atoms with van der Waals surface area (Å²) >= 11 is 0. The number of hydrogen-bond acceptors (Lipinski definition) is 4. The highest BCUT2D eigenvalue weighted by molar-refractivity contribution is 5.84. The Bertz CT molecular complexity index is 776. The van der Waals surface area contributed by atoms with Gasteiger partial charge in [0, 0.05) is 19.1 Å². The van der Waals surface area contributed by atoms with Gasteiger partial charge in [-0.2, -0.15) is 0 Å². The average Bonchev–Trinajstić information content (AvgIpc) is 2.78. The van der Waals surface area contributed by atoms with E-state index in [1.54, 1.807) is 19.1 Å². The quantitative estimate of drug-likeness (QED) is 0.711. The van der Waals surface area contributed by atoms with Crippen LogP contribution in [0.2, 0.25) is 0 Å². The first-order valence-electron chi connectivity index (χ1n) is 11.6. The zero-order chi connectivity index (χ0) is 22.4. The Morgan fingerprint density at radius 3 is 2.45 bits per heavy atom. The summed E-state index contributed by atoms with van der Waals surface area (Å²) in [5.74, 6) is 1.36. The summed E-state index contributed by atoms with van der Waals surface area (Å²) in [6.07, 6.45) is 7.21. The van der Waals surface area contributed by atoms with Gasteiger partial charge in [0.25, 0.3) is 0 Å². The zero-order valence-corrected chi connectivity index (χ0v) is 19.4. The van der Waals surface area contributed by atoms with Gasteiger partial charge in [0.1, 0.15) is 6.54 Å². The van der Waals surface area contributed by atoms with Gasteiger partial charge < -0.3 is 24.6 Å². The van der Waals surface area contributed by atoms with Crippen LogP contribution in [0, 0.1) is 0 Å². The highest BCUT2D eigenvalue weighted by atomic mass is 16.5. The lowest BCUT2D eigenvalue weighted by Crippen LogP contribution is -2.51. The molecule has 7 nitrogen and oxygen atoms in total. The third-order valence-corrected chi connectivity index (χ3v) is 6.55. The normalized spacial score (nSPS) is 18.8. The largest absolute Gasteiger partial charge is 0.493 e. The van der Waals surface area contributed by atoms with Gasteiger partial charge in [0.05, 0.1) is 20.3 Å². The van der Waals surface area contributed by atoms with Crippen LogP contribution >= 0.6 is 0 Å². The number of fused-ring (bicyclic) bond motifs is 1. The molecular weight excluding hydrogens is 394 g/mol. The van der Waals surface area contributed by atoms with E-state index in [0.29, 0.717) is 24.6 Å². The van der Waals surface area contributed by atoms with Crippen molar-refractivity contribution in [2.24, 2.45) is 0 Å². The minimum atomic E-state index is -0.112. The highest BCUT2D eigenvalue weighted by Gasteiger charge is 2.31. The van der Waals surface area contributed by atoms with Gasteiger partial charge in [0.15, 0.2) is 11.5 Å². The topological polar surface area (TPSA) is 71.1 Å². The Hall–Kier alpha value is -2.44. The van der Waals surface area contributed by atoms with Crippen LogP contribution in [-0.2, 0) is 11.2 Å². The lowest BCUT2D eigenvalue weighted by Gasteiger charge is -2.37. The maximum absolute atomic E-state index is 13.2. The van der Waals surface area contributed by atoms with Crippen LogP contribution in [0.4, 0.5) is 4.79 Å². The predicted molar refractivity (Wildman–Crippen MR) is 121 cm³/mol. The molecule has 3 amide bonds. The Morgan fingerprint density at radius 2 is 1.81 bits per heavy atom. The fraction of sp³-hybridized carbons (Fsp3) is 0.667. The molecule has 1 saturated carbocycles. The highest BCUT2D eigenvalue weighted by Crippen LogP contribution is 2.37. The van der Waals surface area contributed by atoms with Crippen molar-refractivity contribution in [2.75, 3.05) is 33.9 Å². The molecule has 7 heteroatoms. The maximum Gasteiger partial charge on any atom is 0.318 e. The van der Waals surface area contributed by atoms with Gasteiger partial charge in [-0.15, -0.1) is 0 Å². The molecule has 0 bridgehead atoms. The summed E-state index contributed by atoms with van der Waals surface area (Å²) in [6.45, 7) is 5.39. The molecule has 3 rings (SSSR count). The predicted octanol–water partition coefficient (Wildman–Crippen LogP) is 3.90. The Morgan fingerprint density at radius 1 is 1.13 bits per heavy atom. The van der Waals surface area contributed by atoms with E-state index in [1.807, 2.05) is 30.9 Å². The summed E-state index contributed by atoms with van der Waals surface area (Å²) in [5.41, 5.74) is 2.25. The van der Waals surface area contributed by atoms with Crippen molar-refractivity contribution in [1.82, 2.24) is 15.1 Å². The van der Waals surface area contributed by atoms with Crippen molar-refractivity contribution >= 4 is 11.9 Å². The lowest BCUT2D eigenvalue weighted by molar-refractivity contribution is -0.134. The lowest BCUT2D eigenvalue weighted by atomic mass is 9.92. The molecule has 0 spiro atoms. The van der Waals surface area contributed by atoms with Gasteiger partial charge >= 0.3 is 6.03 Å². The first-order valence-corrected chi connectivity index (χ1v) is 11.6. The van der Waals surface area contributed by atoms with E-state index < -0.39 is 0 Å². The van der Waals surface area contributed by atoms with Crippen LogP contribution in [0.15, 0.2) is 12.1 Å². The van der Waals surface area contributed by atoms with Crippen molar-refractivity contribution in [3.05, 3.63) is 23.3 Å². The van der Waals surface area contributed by atoms with Crippen LogP contribution in [0.5, 0.6) is 11.5 Å². The van der Waals surface area contributed by atoms with Crippen molar-refractivity contribution in [3.8, 4) is 11.5 Å². The van der Waals surface area contributed by atoms with E-state index in [-0.39, 0.29) is 30.6 Å². The summed E-state index contributed by atoms with van der Waals surface area (Å²) in [7, 11) is 3.25. The summed E-state index contributed by atoms with van der Waals surface area (Å²) in [6, 6.07) is 4.02. The standard InChI is InChI=1S/C24H37N3O4/c1-5-12-26(24(29)25-19-9-7-6-8-10-19)16-23(28)27-13-11-18-14-21(30-3)22(31-4)15-20(18)17(27)2/h14-15,17,19H,5-13,16H2,1-4H3,(H,25,29). The fourth-order valence-electron chi connectivity index (χ4n) is 4.77. The number of nitrogens with zero attached hydrogens (tertiary/aromatic N) is 2. The number of benzene rings is 1. The Labute approximate surface area is 186 Å². The maximum atomic E-state index is 13.2. The number of hydrogen-bond donors (Lipinski definition) is 1. The van der Waals surface area contributed by atoms with Crippen molar-refractivity contribution in [1.29, 1.82) is 0 Å². The monoisotopic (exact) mass is 431 g/mol. The van der Waals surface area contributed by atoms with Crippen LogP contribution < -0.4 is 14.8 Å². The van der Waals surface area contributed by atoms with E-state index in [4.69, 9.17) is 9.47 Å². The molecular formula is C24H37N3O4. The number of carbonyl (C=O) groups is 2. The van der Waals surface area contributed by atoms with E-state index in [2.05, 4.69) is 5.32 Å². The van der Waals surface area contributed by atoms with Crippen molar-refractivity contribution < 1.29 is 19.1 Å². The summed E-state index contributed by atoms with van der Waals surface area (Å²) in [5, 5.41) is 3.15. The molecule has 1 N–H and O–H groups in total. The smallest absolute Gasteiger partial charge is 0.318 e. The zero-order valence-electron chi connectivity index (χ0n) is 19.4. The third kappa shape index (κ3) is 5.43. The first-order chi connectivity index (χ1) is 15.0. The van der Waals surface area contributed by atoms with Crippen LogP contribution in [0.1, 0.15) is 69.5 Å². The second kappa shape index (κ2) is 10.7. The molecule has 31 heavy (non-hydrogen) atoms. The number of amides is 3. The van der Waals surface area contributed by atoms with Crippen molar-refractivity contribution in [2.45, 2.75) is 70.9 Å². The number of ether oxygens (including phenoxy) is 2. The van der Waals surface area contributed by atoms with Crippen molar-refractivity contribution in [3.63, 3.8) is 0 Å². The molecule has 0 aromatic heterocycles. The number of nitrogens with one attached hydrogen (secondary N) is 1. The van der Waals surface area contributed by atoms with Gasteiger partial charge in [-0.1, -0.05) is 26.2 Å². The number of carbonyl (C=O) groups excluding carboxylic acids is 2. The van der Waals surface area contributed by atoms with Crippen LogP contribution in [0.3, 0.4) is 0 Å². The molecule has 1 aliphatic carbocycles. The molecule has 1 aliphatic heterocycles. The second-order valence-electron chi connectivity index (χ2n) is 8.63. The minimum Gasteiger partial charge on any atom is -0.493 e. The van der Waals surface area contributed by atoms with Gasteiger partial charge in [-0.3, -0.25) is 4.79 Å². The molecule has 1 aromatic rings. The summed E-state index contributed by atoms with van der Waals surface area (Å²) in [4.78, 5) is 29.6. The number of urea groups is 1. The van der Waals surface area contributed by atoms with Gasteiger partial charge in [0.2, 0.25) is 5.91 Å². The molecule has 2 aliphatic rings. The molecule has 1 heterocycles. The number of rotatable bonds is 7. The second-order valence-corrected chi connectivity index (χ2v) is 8.63. The van der Waals surface area contributed by atoms with Crippen LogP contribution in [-0.4, -0.2) is 61.6 Å². The molecule has 0 saturated heterocycles. The van der Waals surface area contributed by atoms with E-state index >= 15 is 0 Å². The first kappa shape index (κ1) is 23.2. The molecule has 1 fully saturated rings. The Balaban J connectivity index is 1.68. The average molecular weight is 432 g/mol. The SMILES string of the molecule is CCCN(CC(=O)N1CCc2cc(OC)c(OC)cc2C1C)C(=O)NC1CCCCC1. The molecule has 1 unspecified atom stereocenters. The number of methoxy groups -OCH3 is 2. The van der Waals surface area contributed by atoms with Gasteiger partial charge in [-0.05, 0) is 55.9 Å². The molecule has 1 aromatic carbocycles. The Kier molecular flexibility index (Phi) is 8.04. The van der Waals surface area contributed by atoms with Crippen LogP contribution in [0.25, 0.3) is 0 Å². The molecule has 0 radical (unpaired) electrons. The molecule has 1 atom stereocenters. The van der Waals surface area contributed by atoms with E-state index in [0.717, 1.165) is 44.1 Å². The van der Waals surface area contributed by atoms with E-state index in [1.165, 1.54) is 12.0 Å².